The summed E-state index contributed by atoms with van der Waals surface area (Å²) in [6.45, 7) is 2.68. The molecule has 2 aromatic carbocycles. The smallest absolute Gasteiger partial charge is 0.271 e. The first-order chi connectivity index (χ1) is 15.5. The SMILES string of the molecule is Cc1cccn2cc(COc3ccccc3C(=O)N3CCc4ccc([N+](=O)[O-])cc43)nc12. The number of rotatable bonds is 5. The van der Waals surface area contributed by atoms with E-state index in [4.69, 9.17) is 4.74 Å². The van der Waals surface area contributed by atoms with Crippen molar-refractivity contribution in [1.82, 2.24) is 9.38 Å². The van der Waals surface area contributed by atoms with Crippen LogP contribution in [0.15, 0.2) is 67.0 Å². The first kappa shape index (κ1) is 19.7. The third-order valence-corrected chi connectivity index (χ3v) is 5.64. The van der Waals surface area contributed by atoms with Gasteiger partial charge in [0.1, 0.15) is 18.0 Å². The van der Waals surface area contributed by atoms with Gasteiger partial charge in [0.2, 0.25) is 0 Å². The number of para-hydroxylation sites is 1. The van der Waals surface area contributed by atoms with Gasteiger partial charge in [-0.25, -0.2) is 4.98 Å². The van der Waals surface area contributed by atoms with Crippen LogP contribution in [0.1, 0.15) is 27.2 Å². The van der Waals surface area contributed by atoms with Gasteiger partial charge in [-0.1, -0.05) is 24.3 Å². The van der Waals surface area contributed by atoms with E-state index in [1.165, 1.54) is 12.1 Å². The molecule has 0 fully saturated rings. The molecule has 0 aliphatic carbocycles. The summed E-state index contributed by atoms with van der Waals surface area (Å²) in [4.78, 5) is 30.3. The number of amides is 1. The molecule has 0 unspecified atom stereocenters. The Balaban J connectivity index is 1.40. The van der Waals surface area contributed by atoms with E-state index in [2.05, 4.69) is 4.98 Å². The number of non-ortho nitro benzene ring substituents is 1. The third-order valence-electron chi connectivity index (χ3n) is 5.64. The zero-order valence-electron chi connectivity index (χ0n) is 17.4. The summed E-state index contributed by atoms with van der Waals surface area (Å²) < 4.78 is 7.94. The molecule has 0 bridgehead atoms. The lowest BCUT2D eigenvalue weighted by Crippen LogP contribution is -2.29. The Labute approximate surface area is 183 Å². The van der Waals surface area contributed by atoms with Crippen molar-refractivity contribution in [2.45, 2.75) is 20.0 Å². The number of nitro benzene ring substituents is 1. The average Bonchev–Trinajstić information content (AvgIpc) is 3.42. The molecule has 0 radical (unpaired) electrons. The number of pyridine rings is 1. The first-order valence-corrected chi connectivity index (χ1v) is 10.3. The third kappa shape index (κ3) is 3.45. The molecule has 0 spiro atoms. The van der Waals surface area contributed by atoms with E-state index in [9.17, 15) is 14.9 Å². The first-order valence-electron chi connectivity index (χ1n) is 10.3. The number of aryl methyl sites for hydroxylation is 1. The Bertz CT molecular complexity index is 1360. The number of imidazole rings is 1. The molecule has 8 nitrogen and oxygen atoms in total. The number of carbonyl (C=O) groups excluding carboxylic acids is 1. The van der Waals surface area contributed by atoms with E-state index in [0.29, 0.717) is 30.0 Å². The number of carbonyl (C=O) groups is 1. The van der Waals surface area contributed by atoms with Crippen molar-refractivity contribution >= 4 is 22.9 Å². The zero-order valence-corrected chi connectivity index (χ0v) is 17.4. The van der Waals surface area contributed by atoms with Crippen LogP contribution in [-0.2, 0) is 13.0 Å². The van der Waals surface area contributed by atoms with E-state index in [-0.39, 0.29) is 18.2 Å². The van der Waals surface area contributed by atoms with E-state index < -0.39 is 4.92 Å². The number of nitro groups is 1. The van der Waals surface area contributed by atoms with Crippen LogP contribution in [0.2, 0.25) is 0 Å². The van der Waals surface area contributed by atoms with Crippen molar-refractivity contribution in [3.8, 4) is 5.75 Å². The van der Waals surface area contributed by atoms with Crippen LogP contribution in [0.3, 0.4) is 0 Å². The van der Waals surface area contributed by atoms with Crippen molar-refractivity contribution in [3.63, 3.8) is 0 Å². The summed E-state index contributed by atoms with van der Waals surface area (Å²) in [7, 11) is 0. The molecule has 1 aliphatic rings. The van der Waals surface area contributed by atoms with Gasteiger partial charge in [0.05, 0.1) is 21.9 Å². The van der Waals surface area contributed by atoms with Gasteiger partial charge in [-0.05, 0) is 42.7 Å². The van der Waals surface area contributed by atoms with Gasteiger partial charge in [-0.15, -0.1) is 0 Å². The summed E-state index contributed by atoms with van der Waals surface area (Å²) in [5, 5.41) is 11.2. The van der Waals surface area contributed by atoms with Crippen molar-refractivity contribution in [1.29, 1.82) is 0 Å². The summed E-state index contributed by atoms with van der Waals surface area (Å²) in [6.07, 6.45) is 4.49. The number of fused-ring (bicyclic) bond motifs is 2. The van der Waals surface area contributed by atoms with Gasteiger partial charge in [0.25, 0.3) is 11.6 Å². The largest absolute Gasteiger partial charge is 0.486 e. The Morgan fingerprint density at radius 3 is 2.84 bits per heavy atom. The highest BCUT2D eigenvalue weighted by molar-refractivity contribution is 6.09. The van der Waals surface area contributed by atoms with Crippen molar-refractivity contribution in [3.05, 3.63) is 99.5 Å². The second-order valence-corrected chi connectivity index (χ2v) is 7.72. The lowest BCUT2D eigenvalue weighted by Gasteiger charge is -2.19. The van der Waals surface area contributed by atoms with Gasteiger partial charge in [-0.3, -0.25) is 14.9 Å². The Morgan fingerprint density at radius 2 is 2.03 bits per heavy atom. The predicted octanol–water partition coefficient (Wildman–Crippen LogP) is 4.33. The molecule has 3 heterocycles. The molecular formula is C24H20N4O4. The molecule has 2 aromatic heterocycles. The van der Waals surface area contributed by atoms with Crippen molar-refractivity contribution in [2.24, 2.45) is 0 Å². The van der Waals surface area contributed by atoms with Crippen LogP contribution < -0.4 is 9.64 Å². The molecule has 160 valence electrons. The molecule has 0 saturated carbocycles. The summed E-state index contributed by atoms with van der Waals surface area (Å²) in [6, 6.07) is 15.7. The van der Waals surface area contributed by atoms with E-state index in [0.717, 1.165) is 22.5 Å². The number of hydrogen-bond donors (Lipinski definition) is 0. The maximum atomic E-state index is 13.4. The number of anilines is 1. The van der Waals surface area contributed by atoms with Crippen LogP contribution in [0.5, 0.6) is 5.75 Å². The van der Waals surface area contributed by atoms with Gasteiger partial charge >= 0.3 is 0 Å². The highest BCUT2D eigenvalue weighted by Gasteiger charge is 2.29. The van der Waals surface area contributed by atoms with Gasteiger partial charge < -0.3 is 14.0 Å². The standard InChI is InChI=1S/C24H20N4O4/c1-16-5-4-11-26-14-18(25-23(16)26)15-32-22-7-3-2-6-20(22)24(29)27-12-10-17-8-9-19(28(30)31)13-21(17)27/h2-9,11,13-14H,10,12,15H2,1H3. The maximum Gasteiger partial charge on any atom is 0.271 e. The maximum absolute atomic E-state index is 13.4. The highest BCUT2D eigenvalue weighted by atomic mass is 16.6. The monoisotopic (exact) mass is 428 g/mol. The van der Waals surface area contributed by atoms with Gasteiger partial charge in [-0.2, -0.15) is 0 Å². The van der Waals surface area contributed by atoms with Crippen molar-refractivity contribution < 1.29 is 14.5 Å². The fourth-order valence-electron chi connectivity index (χ4n) is 4.03. The molecule has 0 N–H and O–H groups in total. The molecule has 5 rings (SSSR count). The summed E-state index contributed by atoms with van der Waals surface area (Å²) >= 11 is 0. The minimum Gasteiger partial charge on any atom is -0.486 e. The second kappa shape index (κ2) is 7.81. The Hall–Kier alpha value is -4.20. The fourth-order valence-corrected chi connectivity index (χ4v) is 4.03. The van der Waals surface area contributed by atoms with Crippen LogP contribution >= 0.6 is 0 Å². The topological polar surface area (TPSA) is 90.0 Å². The normalized spacial score (nSPS) is 12.7. The zero-order chi connectivity index (χ0) is 22.2. The average molecular weight is 428 g/mol. The second-order valence-electron chi connectivity index (χ2n) is 7.72. The molecule has 1 amide bonds. The molecule has 8 heteroatoms. The molecule has 1 aliphatic heterocycles. The van der Waals surface area contributed by atoms with Crippen LogP contribution in [0.25, 0.3) is 5.65 Å². The lowest BCUT2D eigenvalue weighted by atomic mass is 10.1. The number of benzene rings is 2. The minimum absolute atomic E-state index is 0.0323. The van der Waals surface area contributed by atoms with E-state index in [1.54, 1.807) is 29.2 Å². The molecule has 4 aromatic rings. The Morgan fingerprint density at radius 1 is 1.19 bits per heavy atom. The molecule has 0 atom stereocenters. The lowest BCUT2D eigenvalue weighted by molar-refractivity contribution is -0.384. The minimum atomic E-state index is -0.450. The van der Waals surface area contributed by atoms with Gasteiger partial charge in [0.15, 0.2) is 0 Å². The van der Waals surface area contributed by atoms with Crippen molar-refractivity contribution in [2.75, 3.05) is 11.4 Å². The fraction of sp³-hybridized carbons (Fsp3) is 0.167. The summed E-state index contributed by atoms with van der Waals surface area (Å²) in [5.74, 6) is 0.204. The predicted molar refractivity (Wildman–Crippen MR) is 119 cm³/mol. The highest BCUT2D eigenvalue weighted by Crippen LogP contribution is 2.34. The number of aromatic nitrogens is 2. The Kier molecular flexibility index (Phi) is 4.82. The molecule has 0 saturated heterocycles. The number of nitrogens with zero attached hydrogens (tertiary/aromatic N) is 4. The quantitative estimate of drug-likeness (QED) is 0.349. The van der Waals surface area contributed by atoms with Crippen LogP contribution in [0.4, 0.5) is 11.4 Å². The van der Waals surface area contributed by atoms with Crippen LogP contribution in [0, 0.1) is 17.0 Å². The number of ether oxygens (including phenoxy) is 1. The molecular weight excluding hydrogens is 408 g/mol. The van der Waals surface area contributed by atoms with E-state index >= 15 is 0 Å². The van der Waals surface area contributed by atoms with Gasteiger partial charge in [0, 0.05) is 31.1 Å². The number of hydrogen-bond acceptors (Lipinski definition) is 5. The van der Waals surface area contributed by atoms with Crippen LogP contribution in [-0.4, -0.2) is 26.8 Å². The van der Waals surface area contributed by atoms with E-state index in [1.807, 2.05) is 41.9 Å². The molecule has 32 heavy (non-hydrogen) atoms. The summed E-state index contributed by atoms with van der Waals surface area (Å²) in [5.41, 5.74) is 4.56.